The monoisotopic (exact) mass is 513 g/mol. The molecule has 1 amide bonds. The van der Waals surface area contributed by atoms with E-state index >= 15 is 0 Å². The molecule has 7 nitrogen and oxygen atoms in total. The molecule has 1 N–H and O–H groups in total. The van der Waals surface area contributed by atoms with Crippen LogP contribution in [0.2, 0.25) is 0 Å². The minimum Gasteiger partial charge on any atom is -0.493 e. The molecule has 172 valence electrons. The maximum Gasteiger partial charge on any atom is 0.231 e. The van der Waals surface area contributed by atoms with Gasteiger partial charge in [-0.2, -0.15) is 0 Å². The fourth-order valence-corrected chi connectivity index (χ4v) is 5.47. The highest BCUT2D eigenvalue weighted by Crippen LogP contribution is 2.47. The van der Waals surface area contributed by atoms with E-state index in [1.54, 1.807) is 7.11 Å². The Morgan fingerprint density at radius 2 is 1.85 bits per heavy atom. The average Bonchev–Trinajstić information content (AvgIpc) is 3.25. The van der Waals surface area contributed by atoms with Gasteiger partial charge in [0.2, 0.25) is 12.7 Å². The third-order valence-corrected chi connectivity index (χ3v) is 7.05. The number of fused-ring (bicyclic) bond motifs is 1. The van der Waals surface area contributed by atoms with Crippen LogP contribution < -0.4 is 24.3 Å². The third-order valence-electron chi connectivity index (χ3n) is 6.36. The highest BCUT2D eigenvalue weighted by atomic mass is 79.9. The number of hydrogen-bond donors (Lipinski definition) is 1. The number of carbonyl (C=O) groups is 2. The van der Waals surface area contributed by atoms with Crippen molar-refractivity contribution in [1.29, 1.82) is 0 Å². The first-order valence-corrected chi connectivity index (χ1v) is 11.7. The minimum atomic E-state index is -0.332. The molecule has 0 aromatic heterocycles. The molecule has 2 heterocycles. The van der Waals surface area contributed by atoms with Crippen LogP contribution in [-0.4, -0.2) is 32.2 Å². The van der Waals surface area contributed by atoms with Gasteiger partial charge in [-0.25, -0.2) is 0 Å². The number of amides is 1. The topological polar surface area (TPSA) is 83.1 Å². The van der Waals surface area contributed by atoms with Crippen LogP contribution in [-0.2, 0) is 9.59 Å². The maximum absolute atomic E-state index is 13.4. The zero-order valence-corrected chi connectivity index (χ0v) is 20.0. The van der Waals surface area contributed by atoms with Gasteiger partial charge >= 0.3 is 0 Å². The number of allylic oxidation sites excluding steroid dienone is 2. The van der Waals surface area contributed by atoms with E-state index in [2.05, 4.69) is 21.2 Å². The van der Waals surface area contributed by atoms with E-state index in [1.807, 2.05) is 37.3 Å². The minimum absolute atomic E-state index is 0.0451. The molecule has 2 atom stereocenters. The van der Waals surface area contributed by atoms with E-state index in [1.165, 1.54) is 0 Å². The predicted octanol–water partition coefficient (Wildman–Crippen LogP) is 4.59. The fourth-order valence-electron chi connectivity index (χ4n) is 4.87. The van der Waals surface area contributed by atoms with Gasteiger partial charge in [0, 0.05) is 34.5 Å². The summed E-state index contributed by atoms with van der Waals surface area (Å²) in [6.45, 7) is 2.62. The Balaban J connectivity index is 1.49. The molecule has 2 unspecified atom stereocenters. The van der Waals surface area contributed by atoms with Crippen LogP contribution in [0.15, 0.2) is 46.1 Å². The lowest BCUT2D eigenvalue weighted by Crippen LogP contribution is -2.38. The third kappa shape index (κ3) is 3.97. The van der Waals surface area contributed by atoms with Crippen LogP contribution in [0, 0.1) is 0 Å². The number of ketones is 1. The second-order valence-corrected chi connectivity index (χ2v) is 9.15. The van der Waals surface area contributed by atoms with Crippen LogP contribution in [0.3, 0.4) is 0 Å². The number of carbonyl (C=O) groups excluding carboxylic acids is 2. The highest BCUT2D eigenvalue weighted by Gasteiger charge is 2.39. The van der Waals surface area contributed by atoms with Crippen LogP contribution >= 0.6 is 15.9 Å². The summed E-state index contributed by atoms with van der Waals surface area (Å²) in [6.07, 6.45) is 1.15. The van der Waals surface area contributed by atoms with E-state index in [9.17, 15) is 9.59 Å². The Labute approximate surface area is 200 Å². The number of nitrogens with one attached hydrogen (secondary N) is 1. The summed E-state index contributed by atoms with van der Waals surface area (Å²) in [5.41, 5.74) is 3.23. The summed E-state index contributed by atoms with van der Waals surface area (Å²) >= 11 is 3.60. The lowest BCUT2D eigenvalue weighted by molar-refractivity contribution is -0.122. The molecule has 5 rings (SSSR count). The van der Waals surface area contributed by atoms with Crippen molar-refractivity contribution in [1.82, 2.24) is 5.32 Å². The number of hydrogen-bond acceptors (Lipinski definition) is 6. The summed E-state index contributed by atoms with van der Waals surface area (Å²) in [6, 6.07) is 9.47. The van der Waals surface area contributed by atoms with Crippen molar-refractivity contribution in [2.45, 2.75) is 38.0 Å². The van der Waals surface area contributed by atoms with Crippen molar-refractivity contribution in [2.24, 2.45) is 0 Å². The molecular formula is C25H24BrNO6. The molecule has 3 aliphatic rings. The standard InChI is InChI=1S/C25H24BrNO6/c1-3-31-20-5-4-13(8-21(20)30-2)14-6-18-25(19(28)7-14)16(10-24(29)27-18)15-9-22-23(11-17(15)26)33-12-32-22/h4-5,8-9,11,14,16H,3,6-7,10,12H2,1-2H3,(H,27,29). The second-order valence-electron chi connectivity index (χ2n) is 8.30. The van der Waals surface area contributed by atoms with Crippen molar-refractivity contribution in [3.8, 4) is 23.0 Å². The van der Waals surface area contributed by atoms with Crippen molar-refractivity contribution >= 4 is 27.6 Å². The van der Waals surface area contributed by atoms with Gasteiger partial charge in [0.15, 0.2) is 28.8 Å². The van der Waals surface area contributed by atoms with E-state index in [-0.39, 0.29) is 36.7 Å². The van der Waals surface area contributed by atoms with Gasteiger partial charge in [-0.05, 0) is 54.7 Å². The van der Waals surface area contributed by atoms with E-state index < -0.39 is 0 Å². The van der Waals surface area contributed by atoms with Gasteiger partial charge in [0.1, 0.15) is 0 Å². The molecule has 0 radical (unpaired) electrons. The molecular weight excluding hydrogens is 490 g/mol. The fraction of sp³-hybridized carbons (Fsp3) is 0.360. The van der Waals surface area contributed by atoms with Crippen LogP contribution in [0.1, 0.15) is 49.1 Å². The zero-order valence-electron chi connectivity index (χ0n) is 18.4. The largest absolute Gasteiger partial charge is 0.493 e. The van der Waals surface area contributed by atoms with Crippen LogP contribution in [0.5, 0.6) is 23.0 Å². The first-order chi connectivity index (χ1) is 16.0. The zero-order chi connectivity index (χ0) is 23.1. The highest BCUT2D eigenvalue weighted by molar-refractivity contribution is 9.10. The van der Waals surface area contributed by atoms with Gasteiger partial charge < -0.3 is 24.3 Å². The van der Waals surface area contributed by atoms with Gasteiger partial charge in [-0.3, -0.25) is 9.59 Å². The Bertz CT molecular complexity index is 1170. The number of Topliss-reactive ketones (excluding diaryl/α,β-unsaturated/α-hetero) is 1. The van der Waals surface area contributed by atoms with Crippen molar-refractivity contribution in [3.63, 3.8) is 0 Å². The lowest BCUT2D eigenvalue weighted by Gasteiger charge is -2.35. The maximum atomic E-state index is 13.4. The smallest absolute Gasteiger partial charge is 0.231 e. The summed E-state index contributed by atoms with van der Waals surface area (Å²) in [7, 11) is 1.60. The first-order valence-electron chi connectivity index (χ1n) is 10.9. The SMILES string of the molecule is CCOc1ccc(C2CC(=O)C3=C(C2)NC(=O)CC3c2cc3c(cc2Br)OCO3)cc1OC. The van der Waals surface area contributed by atoms with E-state index in [4.69, 9.17) is 18.9 Å². The molecule has 8 heteroatoms. The molecule has 2 aromatic carbocycles. The van der Waals surface area contributed by atoms with Gasteiger partial charge in [-0.15, -0.1) is 0 Å². The number of ether oxygens (including phenoxy) is 4. The Morgan fingerprint density at radius 1 is 1.06 bits per heavy atom. The normalized spacial score (nSPS) is 21.5. The molecule has 0 fully saturated rings. The average molecular weight is 514 g/mol. The van der Waals surface area contributed by atoms with E-state index in [0.29, 0.717) is 53.7 Å². The molecule has 33 heavy (non-hydrogen) atoms. The predicted molar refractivity (Wildman–Crippen MR) is 124 cm³/mol. The first kappa shape index (κ1) is 21.8. The van der Waals surface area contributed by atoms with Crippen molar-refractivity contribution in [3.05, 3.63) is 57.2 Å². The molecule has 0 bridgehead atoms. The Kier molecular flexibility index (Phi) is 5.78. The van der Waals surface area contributed by atoms with Crippen LogP contribution in [0.4, 0.5) is 0 Å². The molecule has 0 saturated heterocycles. The summed E-state index contributed by atoms with van der Waals surface area (Å²) in [5.74, 6) is 2.15. The second kappa shape index (κ2) is 8.74. The summed E-state index contributed by atoms with van der Waals surface area (Å²) < 4.78 is 22.9. The molecule has 2 aliphatic heterocycles. The number of benzene rings is 2. The molecule has 0 spiro atoms. The Morgan fingerprint density at radius 3 is 2.61 bits per heavy atom. The van der Waals surface area contributed by atoms with Crippen LogP contribution in [0.25, 0.3) is 0 Å². The van der Waals surface area contributed by atoms with Gasteiger partial charge in [-0.1, -0.05) is 22.0 Å². The Hall–Kier alpha value is -3.00. The molecule has 1 aliphatic carbocycles. The number of rotatable bonds is 5. The number of halogens is 1. The van der Waals surface area contributed by atoms with Crippen molar-refractivity contribution < 1.29 is 28.5 Å². The lowest BCUT2D eigenvalue weighted by atomic mass is 9.73. The quantitative estimate of drug-likeness (QED) is 0.629. The van der Waals surface area contributed by atoms with Gasteiger partial charge in [0.25, 0.3) is 0 Å². The van der Waals surface area contributed by atoms with E-state index in [0.717, 1.165) is 15.6 Å². The molecule has 2 aromatic rings. The summed E-state index contributed by atoms with van der Waals surface area (Å²) in [4.78, 5) is 26.1. The van der Waals surface area contributed by atoms with Crippen molar-refractivity contribution in [2.75, 3.05) is 20.5 Å². The summed E-state index contributed by atoms with van der Waals surface area (Å²) in [5, 5.41) is 2.97. The number of methoxy groups -OCH3 is 1. The molecule has 0 saturated carbocycles. The van der Waals surface area contributed by atoms with Gasteiger partial charge in [0.05, 0.1) is 13.7 Å².